The lowest BCUT2D eigenvalue weighted by Crippen LogP contribution is -2.41. The van der Waals surface area contributed by atoms with Crippen molar-refractivity contribution in [3.8, 4) is 0 Å². The largest absolute Gasteiger partial charge is 0.444 e. The fourth-order valence-corrected chi connectivity index (χ4v) is 3.12. The monoisotopic (exact) mass is 310 g/mol. The van der Waals surface area contributed by atoms with Gasteiger partial charge in [-0.3, -0.25) is 4.79 Å². The van der Waals surface area contributed by atoms with Gasteiger partial charge in [0.25, 0.3) is 0 Å². The second kappa shape index (κ2) is 6.88. The van der Waals surface area contributed by atoms with Crippen molar-refractivity contribution in [3.63, 3.8) is 0 Å². The summed E-state index contributed by atoms with van der Waals surface area (Å²) >= 11 is 0. The lowest BCUT2D eigenvalue weighted by Gasteiger charge is -2.32. The maximum atomic E-state index is 12.1. The highest BCUT2D eigenvalue weighted by atomic mass is 16.6. The summed E-state index contributed by atoms with van der Waals surface area (Å²) in [4.78, 5) is 25.8. The van der Waals surface area contributed by atoms with Gasteiger partial charge in [-0.15, -0.1) is 0 Å². The van der Waals surface area contributed by atoms with Crippen molar-refractivity contribution < 1.29 is 14.3 Å². The predicted molar refractivity (Wildman–Crippen MR) is 85.5 cm³/mol. The van der Waals surface area contributed by atoms with Gasteiger partial charge in [0.05, 0.1) is 0 Å². The second-order valence-corrected chi connectivity index (χ2v) is 7.83. The maximum absolute atomic E-state index is 12.1. The molecule has 0 radical (unpaired) electrons. The van der Waals surface area contributed by atoms with Gasteiger partial charge in [-0.25, -0.2) is 4.79 Å². The molecule has 1 aliphatic carbocycles. The van der Waals surface area contributed by atoms with E-state index in [-0.39, 0.29) is 24.0 Å². The van der Waals surface area contributed by atoms with Crippen LogP contribution in [0.3, 0.4) is 0 Å². The van der Waals surface area contributed by atoms with Gasteiger partial charge in [-0.2, -0.15) is 0 Å². The molecule has 5 nitrogen and oxygen atoms in total. The van der Waals surface area contributed by atoms with Gasteiger partial charge in [-0.1, -0.05) is 6.42 Å². The Morgan fingerprint density at radius 2 is 1.95 bits per heavy atom. The summed E-state index contributed by atoms with van der Waals surface area (Å²) in [6, 6.07) is 0.282. The summed E-state index contributed by atoms with van der Waals surface area (Å²) in [5, 5.41) is 3.12. The van der Waals surface area contributed by atoms with Crippen LogP contribution in [0.1, 0.15) is 59.8 Å². The number of ether oxygens (including phenoxy) is 1. The zero-order chi connectivity index (χ0) is 16.3. The molecule has 1 heterocycles. The number of nitrogens with one attached hydrogen (secondary N) is 1. The Bertz CT molecular complexity index is 413. The normalized spacial score (nSPS) is 23.8. The van der Waals surface area contributed by atoms with Crippen molar-refractivity contribution in [2.45, 2.75) is 71.4 Å². The number of likely N-dealkylation sites (tertiary alicyclic amines) is 1. The summed E-state index contributed by atoms with van der Waals surface area (Å²) < 4.78 is 5.38. The molecule has 2 atom stereocenters. The number of amides is 2. The Kier molecular flexibility index (Phi) is 5.35. The molecule has 22 heavy (non-hydrogen) atoms. The molecule has 1 saturated heterocycles. The first-order valence-corrected chi connectivity index (χ1v) is 8.52. The van der Waals surface area contributed by atoms with Gasteiger partial charge in [-0.05, 0) is 58.8 Å². The molecule has 1 aliphatic heterocycles. The highest BCUT2D eigenvalue weighted by Gasteiger charge is 2.31. The zero-order valence-corrected chi connectivity index (χ0v) is 14.4. The topological polar surface area (TPSA) is 58.6 Å². The molecule has 1 N–H and O–H groups in total. The molecular weight excluding hydrogens is 280 g/mol. The van der Waals surface area contributed by atoms with Crippen molar-refractivity contribution >= 4 is 12.0 Å². The van der Waals surface area contributed by atoms with Gasteiger partial charge in [0.1, 0.15) is 5.60 Å². The van der Waals surface area contributed by atoms with Crippen LogP contribution in [-0.4, -0.2) is 41.6 Å². The zero-order valence-electron chi connectivity index (χ0n) is 14.4. The highest BCUT2D eigenvalue weighted by molar-refractivity contribution is 5.77. The minimum Gasteiger partial charge on any atom is -0.444 e. The summed E-state index contributed by atoms with van der Waals surface area (Å²) in [5.74, 6) is 1.03. The van der Waals surface area contributed by atoms with Crippen molar-refractivity contribution in [2.75, 3.05) is 13.1 Å². The minimum atomic E-state index is -0.468. The molecule has 5 heteroatoms. The quantitative estimate of drug-likeness (QED) is 0.868. The van der Waals surface area contributed by atoms with Crippen LogP contribution in [0.5, 0.6) is 0 Å². The van der Waals surface area contributed by atoms with E-state index < -0.39 is 5.60 Å². The molecular formula is C17H30N2O3. The van der Waals surface area contributed by atoms with E-state index in [2.05, 4.69) is 12.2 Å². The van der Waals surface area contributed by atoms with Gasteiger partial charge in [0.2, 0.25) is 5.91 Å². The molecule has 0 aromatic heterocycles. The maximum Gasteiger partial charge on any atom is 0.410 e. The molecule has 126 valence electrons. The summed E-state index contributed by atoms with van der Waals surface area (Å²) in [5.41, 5.74) is -0.468. The lowest BCUT2D eigenvalue weighted by molar-refractivity contribution is -0.123. The molecule has 0 bridgehead atoms. The number of hydrogen-bond donors (Lipinski definition) is 1. The molecule has 2 fully saturated rings. The fourth-order valence-electron chi connectivity index (χ4n) is 3.12. The van der Waals surface area contributed by atoms with E-state index in [1.807, 2.05) is 20.8 Å². The molecule has 1 saturated carbocycles. The SMILES string of the molecule is C[C@H](NC(=O)C[C@@H]1CCN(C(=O)OC(C)(C)C)C1)C1CCC1. The van der Waals surface area contributed by atoms with E-state index in [4.69, 9.17) is 4.74 Å². The third-order valence-corrected chi connectivity index (χ3v) is 4.66. The first-order chi connectivity index (χ1) is 10.2. The van der Waals surface area contributed by atoms with Crippen molar-refractivity contribution in [1.29, 1.82) is 0 Å². The van der Waals surface area contributed by atoms with Crippen molar-refractivity contribution in [1.82, 2.24) is 10.2 Å². The third-order valence-electron chi connectivity index (χ3n) is 4.66. The first kappa shape index (κ1) is 17.1. The van der Waals surface area contributed by atoms with Crippen molar-refractivity contribution in [2.24, 2.45) is 11.8 Å². The van der Waals surface area contributed by atoms with Gasteiger partial charge in [0, 0.05) is 25.6 Å². The van der Waals surface area contributed by atoms with E-state index in [0.717, 1.165) is 6.42 Å². The van der Waals surface area contributed by atoms with Crippen LogP contribution in [0.25, 0.3) is 0 Å². The average Bonchev–Trinajstić information content (AvgIpc) is 2.72. The molecule has 0 aromatic carbocycles. The standard InChI is InChI=1S/C17H30N2O3/c1-12(14-6-5-7-14)18-15(20)10-13-8-9-19(11-13)16(21)22-17(2,3)4/h12-14H,5-11H2,1-4H3,(H,18,20)/t12-,13-/m0/s1. The van der Waals surface area contributed by atoms with Gasteiger partial charge in [0.15, 0.2) is 0 Å². The predicted octanol–water partition coefficient (Wildman–Crippen LogP) is 2.94. The van der Waals surface area contributed by atoms with E-state index in [0.29, 0.717) is 25.4 Å². The van der Waals surface area contributed by atoms with Crippen LogP contribution in [0.15, 0.2) is 0 Å². The number of hydrogen-bond acceptors (Lipinski definition) is 3. The minimum absolute atomic E-state index is 0.121. The smallest absolute Gasteiger partial charge is 0.410 e. The van der Waals surface area contributed by atoms with E-state index in [1.54, 1.807) is 4.90 Å². The molecule has 2 rings (SSSR count). The Morgan fingerprint density at radius 1 is 1.27 bits per heavy atom. The fraction of sp³-hybridized carbons (Fsp3) is 0.882. The molecule has 2 amide bonds. The third kappa shape index (κ3) is 4.89. The number of rotatable bonds is 4. The molecule has 0 unspecified atom stereocenters. The lowest BCUT2D eigenvalue weighted by atomic mass is 9.80. The summed E-state index contributed by atoms with van der Waals surface area (Å²) in [6.45, 7) is 9.02. The Hall–Kier alpha value is -1.26. The number of carbonyl (C=O) groups excluding carboxylic acids is 2. The van der Waals surface area contributed by atoms with Gasteiger partial charge < -0.3 is 15.0 Å². The van der Waals surface area contributed by atoms with Crippen molar-refractivity contribution in [3.05, 3.63) is 0 Å². The Balaban J connectivity index is 1.71. The van der Waals surface area contributed by atoms with E-state index >= 15 is 0 Å². The van der Waals surface area contributed by atoms with Crippen LogP contribution < -0.4 is 5.32 Å². The molecule has 0 spiro atoms. The second-order valence-electron chi connectivity index (χ2n) is 7.83. The van der Waals surface area contributed by atoms with Crippen LogP contribution in [0.2, 0.25) is 0 Å². The number of carbonyl (C=O) groups is 2. The van der Waals surface area contributed by atoms with Crippen LogP contribution in [0.4, 0.5) is 4.79 Å². The molecule has 2 aliphatic rings. The average molecular weight is 310 g/mol. The Labute approximate surface area is 133 Å². The van der Waals surface area contributed by atoms with E-state index in [1.165, 1.54) is 19.3 Å². The first-order valence-electron chi connectivity index (χ1n) is 8.52. The summed E-state index contributed by atoms with van der Waals surface area (Å²) in [6.07, 6.45) is 4.88. The Morgan fingerprint density at radius 3 is 2.50 bits per heavy atom. The van der Waals surface area contributed by atoms with Crippen LogP contribution in [0, 0.1) is 11.8 Å². The van der Waals surface area contributed by atoms with E-state index in [9.17, 15) is 9.59 Å². The van der Waals surface area contributed by atoms with Crippen LogP contribution >= 0.6 is 0 Å². The highest BCUT2D eigenvalue weighted by Crippen LogP contribution is 2.29. The molecule has 0 aromatic rings. The number of nitrogens with zero attached hydrogens (tertiary/aromatic N) is 1. The van der Waals surface area contributed by atoms with Crippen LogP contribution in [-0.2, 0) is 9.53 Å². The summed E-state index contributed by atoms with van der Waals surface area (Å²) in [7, 11) is 0. The van der Waals surface area contributed by atoms with Gasteiger partial charge >= 0.3 is 6.09 Å².